The molecule has 2 aromatic rings. The zero-order chi connectivity index (χ0) is 17.4. The van der Waals surface area contributed by atoms with Crippen LogP contribution in [0.25, 0.3) is 0 Å². The van der Waals surface area contributed by atoms with Crippen molar-refractivity contribution in [3.63, 3.8) is 0 Å². The molecule has 0 atom stereocenters. The number of amides is 1. The molecular formula is C20H17FN2O2. The van der Waals surface area contributed by atoms with Crippen LogP contribution < -0.4 is 4.90 Å². The normalized spacial score (nSPS) is 18.0. The zero-order valence-electron chi connectivity index (χ0n) is 13.7. The van der Waals surface area contributed by atoms with Gasteiger partial charge in [0.25, 0.3) is 5.91 Å². The van der Waals surface area contributed by atoms with Gasteiger partial charge in [-0.3, -0.25) is 4.79 Å². The number of hydrogen-bond acceptors (Lipinski definition) is 3. The van der Waals surface area contributed by atoms with Crippen molar-refractivity contribution in [1.29, 1.82) is 5.26 Å². The third-order valence-electron chi connectivity index (χ3n) is 5.26. The first kappa shape index (κ1) is 15.8. The molecule has 25 heavy (non-hydrogen) atoms. The lowest BCUT2D eigenvalue weighted by Gasteiger charge is -2.34. The molecule has 4 rings (SSSR count). The van der Waals surface area contributed by atoms with Crippen LogP contribution in [0.2, 0.25) is 0 Å². The van der Waals surface area contributed by atoms with Gasteiger partial charge in [-0.1, -0.05) is 18.2 Å². The van der Waals surface area contributed by atoms with E-state index in [4.69, 9.17) is 10.00 Å². The average molecular weight is 336 g/mol. The summed E-state index contributed by atoms with van der Waals surface area (Å²) in [7, 11) is 0. The van der Waals surface area contributed by atoms with Crippen molar-refractivity contribution in [2.24, 2.45) is 0 Å². The van der Waals surface area contributed by atoms with Gasteiger partial charge in [-0.05, 0) is 42.7 Å². The lowest BCUT2D eigenvalue weighted by atomic mass is 9.76. The first-order valence-electron chi connectivity index (χ1n) is 8.33. The number of halogens is 1. The molecule has 2 aromatic carbocycles. The second-order valence-electron chi connectivity index (χ2n) is 6.61. The highest BCUT2D eigenvalue weighted by Crippen LogP contribution is 2.47. The molecule has 1 spiro atoms. The third-order valence-corrected chi connectivity index (χ3v) is 5.26. The minimum Gasteiger partial charge on any atom is -0.381 e. The van der Waals surface area contributed by atoms with Crippen molar-refractivity contribution >= 4 is 11.6 Å². The van der Waals surface area contributed by atoms with Crippen molar-refractivity contribution < 1.29 is 13.9 Å². The predicted molar refractivity (Wildman–Crippen MR) is 91.0 cm³/mol. The number of carbonyl (C=O) groups excluding carboxylic acids is 1. The van der Waals surface area contributed by atoms with E-state index in [-0.39, 0.29) is 16.9 Å². The van der Waals surface area contributed by atoms with Crippen LogP contribution in [0.15, 0.2) is 42.5 Å². The van der Waals surface area contributed by atoms with E-state index in [1.807, 2.05) is 18.2 Å². The Morgan fingerprint density at radius 3 is 2.72 bits per heavy atom. The number of anilines is 1. The topological polar surface area (TPSA) is 53.3 Å². The second-order valence-corrected chi connectivity index (χ2v) is 6.61. The fourth-order valence-electron chi connectivity index (χ4n) is 3.90. The number of rotatable bonds is 1. The lowest BCUT2D eigenvalue weighted by Crippen LogP contribution is -2.40. The van der Waals surface area contributed by atoms with Gasteiger partial charge in [0.1, 0.15) is 11.9 Å². The number of carbonyl (C=O) groups is 1. The first-order chi connectivity index (χ1) is 12.1. The summed E-state index contributed by atoms with van der Waals surface area (Å²) in [6.45, 7) is 1.96. The molecule has 2 aliphatic heterocycles. The molecule has 1 fully saturated rings. The summed E-state index contributed by atoms with van der Waals surface area (Å²) < 4.78 is 19.1. The smallest absolute Gasteiger partial charge is 0.258 e. The third kappa shape index (κ3) is 2.50. The van der Waals surface area contributed by atoms with Crippen LogP contribution >= 0.6 is 0 Å². The Morgan fingerprint density at radius 2 is 1.96 bits per heavy atom. The van der Waals surface area contributed by atoms with E-state index in [0.29, 0.717) is 25.3 Å². The van der Waals surface area contributed by atoms with Gasteiger partial charge in [0.2, 0.25) is 0 Å². The lowest BCUT2D eigenvalue weighted by molar-refractivity contribution is 0.0547. The SMILES string of the molecule is N#Cc1cc(C(=O)N2CC3(CCOCC3)c3ccccc32)ccc1F. The number of hydrogen-bond donors (Lipinski definition) is 0. The maximum atomic E-state index is 13.6. The number of para-hydroxylation sites is 1. The van der Waals surface area contributed by atoms with Crippen molar-refractivity contribution in [3.05, 3.63) is 65.0 Å². The monoisotopic (exact) mass is 336 g/mol. The standard InChI is InChI=1S/C20H17FN2O2/c21-17-6-5-14(11-15(17)12-22)19(24)23-13-20(7-9-25-10-8-20)16-3-1-2-4-18(16)23/h1-6,11H,7-10,13H2. The van der Waals surface area contributed by atoms with E-state index in [1.165, 1.54) is 23.8 Å². The Morgan fingerprint density at radius 1 is 1.20 bits per heavy atom. The predicted octanol–water partition coefficient (Wildman–Crippen LogP) is 3.41. The van der Waals surface area contributed by atoms with Gasteiger partial charge in [-0.15, -0.1) is 0 Å². The van der Waals surface area contributed by atoms with Crippen LogP contribution in [-0.4, -0.2) is 25.7 Å². The molecule has 0 unspecified atom stereocenters. The highest BCUT2D eigenvalue weighted by atomic mass is 19.1. The van der Waals surface area contributed by atoms with Crippen molar-refractivity contribution in [1.82, 2.24) is 0 Å². The second kappa shape index (κ2) is 5.98. The molecular weight excluding hydrogens is 319 g/mol. The molecule has 0 N–H and O–H groups in total. The molecule has 1 amide bonds. The van der Waals surface area contributed by atoms with Gasteiger partial charge in [0, 0.05) is 36.4 Å². The molecule has 0 radical (unpaired) electrons. The molecule has 0 saturated carbocycles. The van der Waals surface area contributed by atoms with E-state index in [1.54, 1.807) is 11.0 Å². The Balaban J connectivity index is 1.74. The van der Waals surface area contributed by atoms with E-state index < -0.39 is 5.82 Å². The van der Waals surface area contributed by atoms with E-state index in [2.05, 4.69) is 6.07 Å². The number of benzene rings is 2. The van der Waals surface area contributed by atoms with Gasteiger partial charge in [-0.2, -0.15) is 5.26 Å². The van der Waals surface area contributed by atoms with Crippen LogP contribution in [0.3, 0.4) is 0 Å². The summed E-state index contributed by atoms with van der Waals surface area (Å²) >= 11 is 0. The van der Waals surface area contributed by atoms with Crippen LogP contribution in [0.4, 0.5) is 10.1 Å². The van der Waals surface area contributed by atoms with Gasteiger partial charge >= 0.3 is 0 Å². The fourth-order valence-corrected chi connectivity index (χ4v) is 3.90. The van der Waals surface area contributed by atoms with Crippen molar-refractivity contribution in [2.75, 3.05) is 24.7 Å². The van der Waals surface area contributed by atoms with Crippen molar-refractivity contribution in [3.8, 4) is 6.07 Å². The molecule has 5 heteroatoms. The summed E-state index contributed by atoms with van der Waals surface area (Å²) in [5.74, 6) is -0.811. The van der Waals surface area contributed by atoms with Gasteiger partial charge in [0.05, 0.1) is 5.56 Å². The molecule has 2 aliphatic rings. The molecule has 4 nitrogen and oxygen atoms in total. The maximum Gasteiger partial charge on any atom is 0.258 e. The fraction of sp³-hybridized carbons (Fsp3) is 0.300. The molecule has 1 saturated heterocycles. The van der Waals surface area contributed by atoms with Crippen LogP contribution in [0.1, 0.15) is 34.3 Å². The van der Waals surface area contributed by atoms with Gasteiger partial charge in [-0.25, -0.2) is 4.39 Å². The molecule has 0 aromatic heterocycles. The molecule has 126 valence electrons. The van der Waals surface area contributed by atoms with Crippen LogP contribution in [-0.2, 0) is 10.2 Å². The highest BCUT2D eigenvalue weighted by molar-refractivity contribution is 6.08. The van der Waals surface area contributed by atoms with Crippen LogP contribution in [0.5, 0.6) is 0 Å². The number of fused-ring (bicyclic) bond motifs is 2. The van der Waals surface area contributed by atoms with E-state index in [0.717, 1.165) is 18.5 Å². The maximum absolute atomic E-state index is 13.6. The minimum atomic E-state index is -0.609. The Bertz CT molecular complexity index is 882. The molecule has 0 bridgehead atoms. The zero-order valence-corrected chi connectivity index (χ0v) is 13.7. The Labute approximate surface area is 145 Å². The van der Waals surface area contributed by atoms with E-state index >= 15 is 0 Å². The summed E-state index contributed by atoms with van der Waals surface area (Å²) in [6.07, 6.45) is 1.75. The van der Waals surface area contributed by atoms with Gasteiger partial charge < -0.3 is 9.64 Å². The summed E-state index contributed by atoms with van der Waals surface area (Å²) in [4.78, 5) is 14.8. The number of nitrogens with zero attached hydrogens (tertiary/aromatic N) is 2. The largest absolute Gasteiger partial charge is 0.381 e. The Kier molecular flexibility index (Phi) is 3.78. The first-order valence-corrected chi connectivity index (χ1v) is 8.33. The highest BCUT2D eigenvalue weighted by Gasteiger charge is 2.45. The van der Waals surface area contributed by atoms with E-state index in [9.17, 15) is 9.18 Å². The minimum absolute atomic E-state index is 0.0808. The average Bonchev–Trinajstić information content (AvgIpc) is 2.96. The summed E-state index contributed by atoms with van der Waals surface area (Å²) in [5, 5.41) is 9.02. The van der Waals surface area contributed by atoms with Crippen molar-refractivity contribution in [2.45, 2.75) is 18.3 Å². The Hall–Kier alpha value is -2.71. The number of nitriles is 1. The molecule has 2 heterocycles. The molecule has 0 aliphatic carbocycles. The summed E-state index contributed by atoms with van der Waals surface area (Å²) in [5.41, 5.74) is 2.21. The number of ether oxygens (including phenoxy) is 1. The summed E-state index contributed by atoms with van der Waals surface area (Å²) in [6, 6.07) is 13.7. The van der Waals surface area contributed by atoms with Crippen LogP contribution in [0, 0.1) is 17.1 Å². The van der Waals surface area contributed by atoms with Gasteiger partial charge in [0.15, 0.2) is 0 Å². The quantitative estimate of drug-likeness (QED) is 0.802.